The maximum Gasteiger partial charge on any atom is 0.290 e. The van der Waals surface area contributed by atoms with Gasteiger partial charge < -0.3 is 35.2 Å². The largest absolute Gasteiger partial charge is 0.483 e. The summed E-state index contributed by atoms with van der Waals surface area (Å²) in [6.45, 7) is 5.12. The van der Waals surface area contributed by atoms with Gasteiger partial charge in [-0.1, -0.05) is 0 Å². The van der Waals surface area contributed by atoms with E-state index in [2.05, 4.69) is 49.6 Å². The molecular formula is C27H32FN7O4. The number of halogens is 1. The number of carboxylic acid groups (broad SMARTS) is 1. The molecule has 0 bridgehead atoms. The zero-order chi connectivity index (χ0) is 27.8. The molecule has 2 aliphatic rings. The van der Waals surface area contributed by atoms with Crippen molar-refractivity contribution in [3.63, 3.8) is 0 Å². The van der Waals surface area contributed by atoms with Gasteiger partial charge in [0, 0.05) is 55.0 Å². The molecule has 2 aliphatic heterocycles. The van der Waals surface area contributed by atoms with E-state index in [4.69, 9.17) is 14.6 Å². The first-order valence-corrected chi connectivity index (χ1v) is 12.5. The van der Waals surface area contributed by atoms with E-state index in [1.54, 1.807) is 18.3 Å². The number of nitrogens with zero attached hydrogens (tertiary/aromatic N) is 5. The molecule has 1 fully saturated rings. The number of aryl methyl sites for hydroxylation is 1. The number of benzene rings is 2. The van der Waals surface area contributed by atoms with Crippen molar-refractivity contribution in [1.29, 1.82) is 0 Å². The number of fused-ring (bicyclic) bond motifs is 1. The summed E-state index contributed by atoms with van der Waals surface area (Å²) in [5.74, 6) is 1.38. The number of carbonyl (C=O) groups excluding carboxylic acids is 1. The van der Waals surface area contributed by atoms with Gasteiger partial charge in [-0.25, -0.2) is 9.37 Å². The second-order valence-electron chi connectivity index (χ2n) is 9.12. The van der Waals surface area contributed by atoms with Crippen molar-refractivity contribution >= 4 is 46.9 Å². The Morgan fingerprint density at radius 2 is 1.77 bits per heavy atom. The van der Waals surface area contributed by atoms with Crippen LogP contribution in [-0.2, 0) is 9.59 Å². The highest BCUT2D eigenvalue weighted by atomic mass is 19.1. The van der Waals surface area contributed by atoms with Crippen molar-refractivity contribution in [2.24, 2.45) is 0 Å². The highest BCUT2D eigenvalue weighted by Gasteiger charge is 2.25. The van der Waals surface area contributed by atoms with Crippen LogP contribution in [0.5, 0.6) is 5.75 Å². The monoisotopic (exact) mass is 537 g/mol. The van der Waals surface area contributed by atoms with Crippen LogP contribution in [0.2, 0.25) is 0 Å². The van der Waals surface area contributed by atoms with E-state index in [1.807, 2.05) is 25.1 Å². The average molecular weight is 538 g/mol. The molecule has 2 aromatic carbocycles. The fraction of sp³-hybridized carbons (Fsp3) is 0.333. The van der Waals surface area contributed by atoms with Gasteiger partial charge in [0.15, 0.2) is 6.61 Å². The lowest BCUT2D eigenvalue weighted by Gasteiger charge is -2.34. The van der Waals surface area contributed by atoms with Gasteiger partial charge in [0.05, 0.1) is 12.2 Å². The lowest BCUT2D eigenvalue weighted by molar-refractivity contribution is -0.123. The first-order chi connectivity index (χ1) is 18.9. The minimum atomic E-state index is -0.626. The highest BCUT2D eigenvalue weighted by Crippen LogP contribution is 2.35. The summed E-state index contributed by atoms with van der Waals surface area (Å²) >= 11 is 0. The van der Waals surface area contributed by atoms with Crippen molar-refractivity contribution < 1.29 is 23.8 Å². The topological polar surface area (TPSA) is 123 Å². The number of carbonyl (C=O) groups is 2. The number of likely N-dealkylation sites (N-methyl/N-ethyl adjacent to an activating group) is 1. The minimum Gasteiger partial charge on any atom is -0.483 e. The number of anilines is 6. The maximum atomic E-state index is 13.0. The summed E-state index contributed by atoms with van der Waals surface area (Å²) in [4.78, 5) is 35.8. The van der Waals surface area contributed by atoms with Crippen LogP contribution < -0.4 is 25.2 Å². The molecule has 1 amide bonds. The molecule has 1 saturated heterocycles. The molecule has 0 unspecified atom stereocenters. The zero-order valence-corrected chi connectivity index (χ0v) is 21.9. The number of hydrogen-bond donors (Lipinski definition) is 3. The molecule has 5 rings (SSSR count). The third kappa shape index (κ3) is 6.90. The SMILES string of the molecule is Cc1cnc(Nc2ccc(N3CCN(C)CC3)cc2)nc1Nc1ccc2c(c1)N(CCF)C(=O)CO2.O=CO. The predicted molar refractivity (Wildman–Crippen MR) is 148 cm³/mol. The zero-order valence-electron chi connectivity index (χ0n) is 21.9. The minimum absolute atomic E-state index is 0.00710. The molecule has 206 valence electrons. The predicted octanol–water partition coefficient (Wildman–Crippen LogP) is 3.42. The normalized spacial score (nSPS) is 15.0. The number of hydrogen-bond acceptors (Lipinski definition) is 9. The van der Waals surface area contributed by atoms with Crippen LogP contribution in [0.15, 0.2) is 48.7 Å². The Morgan fingerprint density at radius 1 is 1.08 bits per heavy atom. The summed E-state index contributed by atoms with van der Waals surface area (Å²) in [5, 5.41) is 13.5. The number of aromatic nitrogens is 2. The quantitative estimate of drug-likeness (QED) is 0.386. The number of rotatable bonds is 7. The fourth-order valence-corrected chi connectivity index (χ4v) is 4.32. The lowest BCUT2D eigenvalue weighted by Crippen LogP contribution is -2.44. The number of alkyl halides is 1. The Kier molecular flexibility index (Phi) is 9.10. The van der Waals surface area contributed by atoms with E-state index < -0.39 is 6.67 Å². The Bertz CT molecular complexity index is 1280. The first-order valence-electron chi connectivity index (χ1n) is 12.5. The van der Waals surface area contributed by atoms with Crippen LogP contribution >= 0.6 is 0 Å². The molecule has 0 spiro atoms. The summed E-state index contributed by atoms with van der Waals surface area (Å²) in [5.41, 5.74) is 4.21. The van der Waals surface area contributed by atoms with E-state index in [9.17, 15) is 9.18 Å². The van der Waals surface area contributed by atoms with Crippen LogP contribution in [-0.4, -0.2) is 85.4 Å². The Labute approximate surface area is 226 Å². The number of amides is 1. The molecule has 1 aromatic heterocycles. The van der Waals surface area contributed by atoms with Crippen LogP contribution in [0.4, 0.5) is 38.9 Å². The molecule has 3 aromatic rings. The number of ether oxygens (including phenoxy) is 1. The van der Waals surface area contributed by atoms with E-state index in [0.717, 1.165) is 37.4 Å². The molecule has 12 heteroatoms. The summed E-state index contributed by atoms with van der Waals surface area (Å²) < 4.78 is 18.5. The van der Waals surface area contributed by atoms with Crippen molar-refractivity contribution in [3.05, 3.63) is 54.2 Å². The third-order valence-electron chi connectivity index (χ3n) is 6.44. The standard InChI is InChI=1S/C26H30FN7O2.CH2O2/c1-18-16-28-26(30-19-3-6-21(7-4-19)33-13-11-32(2)12-14-33)31-25(18)29-20-5-8-23-22(15-20)34(10-9-27)24(35)17-36-23;2-1-3/h3-8,15-16H,9-14,17H2,1-2H3,(H2,28,29,30,31);1H,(H,2,3). The van der Waals surface area contributed by atoms with Gasteiger partial charge in [-0.3, -0.25) is 9.59 Å². The van der Waals surface area contributed by atoms with E-state index in [-0.39, 0.29) is 25.5 Å². The van der Waals surface area contributed by atoms with Gasteiger partial charge in [-0.15, -0.1) is 0 Å². The van der Waals surface area contributed by atoms with Crippen LogP contribution in [0.25, 0.3) is 0 Å². The molecule has 3 N–H and O–H groups in total. The molecule has 0 saturated carbocycles. The van der Waals surface area contributed by atoms with Gasteiger partial charge in [0.25, 0.3) is 12.4 Å². The molecule has 0 radical (unpaired) electrons. The molecule has 0 atom stereocenters. The van der Waals surface area contributed by atoms with Crippen molar-refractivity contribution in [2.45, 2.75) is 6.92 Å². The van der Waals surface area contributed by atoms with Crippen LogP contribution in [0.3, 0.4) is 0 Å². The van der Waals surface area contributed by atoms with Gasteiger partial charge >= 0.3 is 0 Å². The Morgan fingerprint density at radius 3 is 2.46 bits per heavy atom. The highest BCUT2D eigenvalue weighted by molar-refractivity contribution is 5.98. The molecule has 0 aliphatic carbocycles. The fourth-order valence-electron chi connectivity index (χ4n) is 4.32. The van der Waals surface area contributed by atoms with Crippen molar-refractivity contribution in [3.8, 4) is 5.75 Å². The van der Waals surface area contributed by atoms with Gasteiger partial charge in [0.1, 0.15) is 18.2 Å². The molecule has 3 heterocycles. The van der Waals surface area contributed by atoms with Crippen molar-refractivity contribution in [2.75, 3.05) is 73.5 Å². The molecule has 39 heavy (non-hydrogen) atoms. The average Bonchev–Trinajstić information content (AvgIpc) is 2.94. The maximum absolute atomic E-state index is 13.0. The molecule has 11 nitrogen and oxygen atoms in total. The summed E-state index contributed by atoms with van der Waals surface area (Å²) in [6, 6.07) is 13.7. The van der Waals surface area contributed by atoms with Gasteiger partial charge in [-0.05, 0) is 56.4 Å². The second-order valence-corrected chi connectivity index (χ2v) is 9.12. The third-order valence-corrected chi connectivity index (χ3v) is 6.44. The van der Waals surface area contributed by atoms with E-state index in [0.29, 0.717) is 28.9 Å². The van der Waals surface area contributed by atoms with Crippen molar-refractivity contribution in [1.82, 2.24) is 14.9 Å². The number of piperazine rings is 1. The van der Waals surface area contributed by atoms with Crippen LogP contribution in [0.1, 0.15) is 5.56 Å². The Balaban J connectivity index is 0.00000112. The lowest BCUT2D eigenvalue weighted by atomic mass is 10.2. The summed E-state index contributed by atoms with van der Waals surface area (Å²) in [7, 11) is 2.15. The number of nitrogens with one attached hydrogen (secondary N) is 2. The van der Waals surface area contributed by atoms with Gasteiger partial charge in [-0.2, -0.15) is 4.98 Å². The molecular weight excluding hydrogens is 505 g/mol. The van der Waals surface area contributed by atoms with Gasteiger partial charge in [0.2, 0.25) is 5.95 Å². The first kappa shape index (κ1) is 27.6. The second kappa shape index (κ2) is 12.9. The van der Waals surface area contributed by atoms with E-state index >= 15 is 0 Å². The summed E-state index contributed by atoms with van der Waals surface area (Å²) in [6.07, 6.45) is 1.75. The van der Waals surface area contributed by atoms with Crippen LogP contribution in [0, 0.1) is 6.92 Å². The smallest absolute Gasteiger partial charge is 0.290 e. The Hall–Kier alpha value is -4.45. The van der Waals surface area contributed by atoms with E-state index in [1.165, 1.54) is 10.6 Å².